The highest BCUT2D eigenvalue weighted by atomic mass is 16.5. The van der Waals surface area contributed by atoms with Crippen LogP contribution in [0.25, 0.3) is 0 Å². The first-order chi connectivity index (χ1) is 9.08. The molecule has 0 bridgehead atoms. The van der Waals surface area contributed by atoms with E-state index in [1.54, 1.807) is 0 Å². The Labute approximate surface area is 114 Å². The van der Waals surface area contributed by atoms with Crippen LogP contribution in [0, 0.1) is 5.92 Å². The Hall–Kier alpha value is -1.85. The molecule has 0 saturated carbocycles. The molecule has 106 valence electrons. The average molecular weight is 266 g/mol. The number of esters is 1. The van der Waals surface area contributed by atoms with Crippen LogP contribution in [0.15, 0.2) is 24.8 Å². The Kier molecular flexibility index (Phi) is 4.19. The smallest absolute Gasteiger partial charge is 0.312 e. The van der Waals surface area contributed by atoms with E-state index < -0.39 is 0 Å². The fourth-order valence-electron chi connectivity index (χ4n) is 2.35. The summed E-state index contributed by atoms with van der Waals surface area (Å²) in [6.45, 7) is 3.01. The maximum atomic E-state index is 11.9. The van der Waals surface area contributed by atoms with Crippen LogP contribution in [0.2, 0.25) is 0 Å². The second-order valence-corrected chi connectivity index (χ2v) is 5.16. The number of nitrogens with zero attached hydrogens (tertiary/aromatic N) is 4. The van der Waals surface area contributed by atoms with E-state index in [-0.39, 0.29) is 11.9 Å². The minimum Gasteiger partial charge on any atom is -0.469 e. The van der Waals surface area contributed by atoms with Crippen molar-refractivity contribution < 1.29 is 9.53 Å². The molecule has 0 saturated heterocycles. The first-order valence-corrected chi connectivity index (χ1v) is 6.41. The molecule has 19 heavy (non-hydrogen) atoms. The highest BCUT2D eigenvalue weighted by Gasteiger charge is 2.26. The van der Waals surface area contributed by atoms with Gasteiger partial charge in [-0.2, -0.15) is 0 Å². The van der Waals surface area contributed by atoms with Crippen molar-refractivity contribution in [2.45, 2.75) is 0 Å². The lowest BCUT2D eigenvalue weighted by Crippen LogP contribution is -2.39. The van der Waals surface area contributed by atoms with Gasteiger partial charge in [0.2, 0.25) is 0 Å². The Morgan fingerprint density at radius 2 is 1.53 bits per heavy atom. The lowest BCUT2D eigenvalue weighted by molar-refractivity contribution is -0.146. The van der Waals surface area contributed by atoms with E-state index in [0.29, 0.717) is 13.1 Å². The standard InChI is InChI=1S/C13H22N4O2/c1-14-4-6-16(10-14)8-12(13(18)19-3)9-17-7-5-15(2)11-17/h4-7,12H,8-11H2,1-3H3. The van der Waals surface area contributed by atoms with Crippen molar-refractivity contribution in [3.63, 3.8) is 0 Å². The molecule has 2 aliphatic heterocycles. The van der Waals surface area contributed by atoms with Gasteiger partial charge in [-0.25, -0.2) is 0 Å². The van der Waals surface area contributed by atoms with Gasteiger partial charge in [0.15, 0.2) is 0 Å². The van der Waals surface area contributed by atoms with Crippen molar-refractivity contribution >= 4 is 5.97 Å². The predicted octanol–water partition coefficient (Wildman–Crippen LogP) is 0.128. The molecule has 6 heteroatoms. The van der Waals surface area contributed by atoms with Gasteiger partial charge in [0.25, 0.3) is 0 Å². The van der Waals surface area contributed by atoms with Crippen LogP contribution in [0.4, 0.5) is 0 Å². The van der Waals surface area contributed by atoms with Crippen molar-refractivity contribution in [3.8, 4) is 0 Å². The SMILES string of the molecule is COC(=O)C(CN1C=CN(C)C1)CN1C=CN(C)C1. The molecule has 0 aromatic heterocycles. The molecule has 6 nitrogen and oxygen atoms in total. The Morgan fingerprint density at radius 1 is 1.05 bits per heavy atom. The quantitative estimate of drug-likeness (QED) is 0.659. The van der Waals surface area contributed by atoms with Gasteiger partial charge >= 0.3 is 5.97 Å². The Balaban J connectivity index is 1.90. The van der Waals surface area contributed by atoms with Gasteiger partial charge in [-0.05, 0) is 0 Å². The summed E-state index contributed by atoms with van der Waals surface area (Å²) in [5.41, 5.74) is 0. The molecular formula is C13H22N4O2. The first-order valence-electron chi connectivity index (χ1n) is 6.41. The van der Waals surface area contributed by atoms with Crippen molar-refractivity contribution in [1.29, 1.82) is 0 Å². The second-order valence-electron chi connectivity index (χ2n) is 5.16. The van der Waals surface area contributed by atoms with Crippen LogP contribution < -0.4 is 0 Å². The molecule has 0 fully saturated rings. The molecule has 0 aromatic rings. The lowest BCUT2D eigenvalue weighted by Gasteiger charge is -2.27. The fourth-order valence-corrected chi connectivity index (χ4v) is 2.35. The number of hydrogen-bond donors (Lipinski definition) is 0. The summed E-state index contributed by atoms with van der Waals surface area (Å²) in [5.74, 6) is -0.289. The molecule has 0 spiro atoms. The van der Waals surface area contributed by atoms with Crippen LogP contribution in [0.3, 0.4) is 0 Å². The van der Waals surface area contributed by atoms with Crippen molar-refractivity contribution in [2.24, 2.45) is 5.92 Å². The van der Waals surface area contributed by atoms with Gasteiger partial charge in [0.05, 0.1) is 26.4 Å². The van der Waals surface area contributed by atoms with E-state index in [1.807, 2.05) is 38.9 Å². The fraction of sp³-hybridized carbons (Fsp3) is 0.615. The van der Waals surface area contributed by atoms with Crippen LogP contribution in [-0.4, -0.2) is 73.2 Å². The highest BCUT2D eigenvalue weighted by molar-refractivity contribution is 5.72. The van der Waals surface area contributed by atoms with Crippen molar-refractivity contribution in [1.82, 2.24) is 19.6 Å². The summed E-state index contributed by atoms with van der Waals surface area (Å²) in [5, 5.41) is 0. The lowest BCUT2D eigenvalue weighted by atomic mass is 10.1. The Bertz CT molecular complexity index is 355. The van der Waals surface area contributed by atoms with Gasteiger partial charge in [-0.15, -0.1) is 0 Å². The van der Waals surface area contributed by atoms with Crippen LogP contribution in [0.5, 0.6) is 0 Å². The molecular weight excluding hydrogens is 244 g/mol. The molecule has 0 atom stereocenters. The zero-order chi connectivity index (χ0) is 13.8. The number of methoxy groups -OCH3 is 1. The van der Waals surface area contributed by atoms with Crippen LogP contribution in [-0.2, 0) is 9.53 Å². The van der Waals surface area contributed by atoms with E-state index in [4.69, 9.17) is 4.74 Å². The second kappa shape index (κ2) is 5.86. The third-order valence-electron chi connectivity index (χ3n) is 3.32. The topological polar surface area (TPSA) is 39.3 Å². The maximum absolute atomic E-state index is 11.9. The maximum Gasteiger partial charge on any atom is 0.312 e. The molecule has 2 heterocycles. The number of carbonyl (C=O) groups is 1. The third-order valence-corrected chi connectivity index (χ3v) is 3.32. The monoisotopic (exact) mass is 266 g/mol. The van der Waals surface area contributed by atoms with Gasteiger partial charge in [0.1, 0.15) is 0 Å². The molecule has 2 rings (SSSR count). The minimum atomic E-state index is -0.147. The molecule has 0 aromatic carbocycles. The van der Waals surface area contributed by atoms with Crippen LogP contribution >= 0.6 is 0 Å². The molecule has 0 unspecified atom stereocenters. The molecule has 0 aliphatic carbocycles. The summed E-state index contributed by atoms with van der Waals surface area (Å²) in [6, 6.07) is 0. The zero-order valence-electron chi connectivity index (χ0n) is 11.8. The van der Waals surface area contributed by atoms with E-state index in [9.17, 15) is 4.79 Å². The summed E-state index contributed by atoms with van der Waals surface area (Å²) in [6.07, 6.45) is 8.06. The molecule has 2 aliphatic rings. The van der Waals surface area contributed by atoms with Gasteiger partial charge in [-0.1, -0.05) is 0 Å². The van der Waals surface area contributed by atoms with E-state index >= 15 is 0 Å². The highest BCUT2D eigenvalue weighted by Crippen LogP contribution is 2.13. The van der Waals surface area contributed by atoms with Gasteiger partial charge in [-0.3, -0.25) is 4.79 Å². The summed E-state index contributed by atoms with van der Waals surface area (Å²) >= 11 is 0. The Morgan fingerprint density at radius 3 is 1.84 bits per heavy atom. The molecule has 0 amide bonds. The molecule has 0 N–H and O–H groups in total. The summed E-state index contributed by atoms with van der Waals surface area (Å²) < 4.78 is 4.92. The average Bonchev–Trinajstić information content (AvgIpc) is 2.97. The van der Waals surface area contributed by atoms with E-state index in [1.165, 1.54) is 7.11 Å². The summed E-state index contributed by atoms with van der Waals surface area (Å²) in [4.78, 5) is 20.3. The largest absolute Gasteiger partial charge is 0.469 e. The van der Waals surface area contributed by atoms with Gasteiger partial charge in [0, 0.05) is 52.0 Å². The van der Waals surface area contributed by atoms with Gasteiger partial charge < -0.3 is 24.3 Å². The predicted molar refractivity (Wildman–Crippen MR) is 72.5 cm³/mol. The number of rotatable bonds is 5. The minimum absolute atomic E-state index is 0.141. The van der Waals surface area contributed by atoms with Crippen molar-refractivity contribution in [2.75, 3.05) is 47.6 Å². The first kappa shape index (κ1) is 13.6. The van der Waals surface area contributed by atoms with Crippen LogP contribution in [0.1, 0.15) is 0 Å². The normalized spacial score (nSPS) is 18.1. The third kappa shape index (κ3) is 3.56. The van der Waals surface area contributed by atoms with Crippen molar-refractivity contribution in [3.05, 3.63) is 24.8 Å². The van der Waals surface area contributed by atoms with E-state index in [2.05, 4.69) is 19.6 Å². The molecule has 0 radical (unpaired) electrons. The van der Waals surface area contributed by atoms with E-state index in [0.717, 1.165) is 13.3 Å². The summed E-state index contributed by atoms with van der Waals surface area (Å²) in [7, 11) is 5.48. The number of ether oxygens (including phenoxy) is 1. The number of hydrogen-bond acceptors (Lipinski definition) is 6. The number of carbonyl (C=O) groups excluding carboxylic acids is 1. The zero-order valence-corrected chi connectivity index (χ0v) is 11.8.